The summed E-state index contributed by atoms with van der Waals surface area (Å²) in [5.41, 5.74) is 3.71. The van der Waals surface area contributed by atoms with Gasteiger partial charge in [0.05, 0.1) is 23.1 Å². The highest BCUT2D eigenvalue weighted by Gasteiger charge is 2.31. The molecule has 0 spiro atoms. The number of aryl methyl sites for hydroxylation is 1. The van der Waals surface area contributed by atoms with E-state index in [-0.39, 0.29) is 5.91 Å². The number of hydrogen-bond acceptors (Lipinski definition) is 4. The van der Waals surface area contributed by atoms with Crippen LogP contribution in [0.3, 0.4) is 0 Å². The molecule has 5 heteroatoms. The van der Waals surface area contributed by atoms with Crippen LogP contribution >= 0.6 is 0 Å². The summed E-state index contributed by atoms with van der Waals surface area (Å²) in [5, 5.41) is 8.20. The van der Waals surface area contributed by atoms with Gasteiger partial charge in [0.25, 0.3) is 5.91 Å². The van der Waals surface area contributed by atoms with Crippen molar-refractivity contribution in [3.05, 3.63) is 41.6 Å². The van der Waals surface area contributed by atoms with Crippen molar-refractivity contribution in [3.63, 3.8) is 0 Å². The molecule has 0 saturated carbocycles. The van der Waals surface area contributed by atoms with Gasteiger partial charge < -0.3 is 9.80 Å². The van der Waals surface area contributed by atoms with Crippen molar-refractivity contribution in [2.24, 2.45) is 0 Å². The van der Waals surface area contributed by atoms with Crippen LogP contribution in [0.5, 0.6) is 0 Å². The number of benzene rings is 1. The Morgan fingerprint density at radius 1 is 1.09 bits per heavy atom. The molecular formula is C17H20N4O. The first kappa shape index (κ1) is 14.5. The highest BCUT2D eigenvalue weighted by molar-refractivity contribution is 6.13. The van der Waals surface area contributed by atoms with E-state index in [0.717, 1.165) is 29.9 Å². The lowest BCUT2D eigenvalue weighted by Gasteiger charge is -2.25. The van der Waals surface area contributed by atoms with Crippen molar-refractivity contribution in [2.75, 3.05) is 22.9 Å². The van der Waals surface area contributed by atoms with E-state index in [0.29, 0.717) is 17.9 Å². The van der Waals surface area contributed by atoms with Gasteiger partial charge in [-0.1, -0.05) is 13.0 Å². The number of fused-ring (bicyclic) bond motifs is 2. The molecule has 1 aromatic carbocycles. The smallest absolute Gasteiger partial charge is 0.262 e. The molecule has 0 fully saturated rings. The Morgan fingerprint density at radius 3 is 2.64 bits per heavy atom. The number of aromatic nitrogens is 2. The number of hydrogen-bond donors (Lipinski definition) is 0. The largest absolute Gasteiger partial charge is 0.323 e. The third kappa shape index (κ3) is 2.22. The zero-order valence-corrected chi connectivity index (χ0v) is 13.2. The standard InChI is InChI=1S/C17H20N4O/c1-4-10-21-15-11-12(3)6-7-14(15)20(5-2)16-13(17(21)22)8-9-18-19-16/h6-9,11H,4-5,10H2,1-3H3. The second-order valence-corrected chi connectivity index (χ2v) is 5.46. The van der Waals surface area contributed by atoms with E-state index in [2.05, 4.69) is 47.1 Å². The minimum absolute atomic E-state index is 0.00505. The molecule has 1 aliphatic rings. The average molecular weight is 296 g/mol. The Labute approximate surface area is 130 Å². The highest BCUT2D eigenvalue weighted by Crippen LogP contribution is 2.39. The molecule has 5 nitrogen and oxygen atoms in total. The number of carbonyl (C=O) groups excluding carboxylic acids is 1. The second-order valence-electron chi connectivity index (χ2n) is 5.46. The lowest BCUT2D eigenvalue weighted by atomic mass is 10.1. The van der Waals surface area contributed by atoms with Gasteiger partial charge in [-0.15, -0.1) is 5.10 Å². The highest BCUT2D eigenvalue weighted by atomic mass is 16.2. The summed E-state index contributed by atoms with van der Waals surface area (Å²) < 4.78 is 0. The molecule has 1 aromatic heterocycles. The Hall–Kier alpha value is -2.43. The third-order valence-electron chi connectivity index (χ3n) is 3.91. The zero-order valence-electron chi connectivity index (χ0n) is 13.2. The molecule has 0 atom stereocenters. The maximum Gasteiger partial charge on any atom is 0.262 e. The summed E-state index contributed by atoms with van der Waals surface area (Å²) in [6.07, 6.45) is 2.48. The van der Waals surface area contributed by atoms with Gasteiger partial charge in [0, 0.05) is 13.1 Å². The van der Waals surface area contributed by atoms with Gasteiger partial charge in [-0.2, -0.15) is 5.10 Å². The number of carbonyl (C=O) groups is 1. The van der Waals surface area contributed by atoms with E-state index in [4.69, 9.17) is 0 Å². The van der Waals surface area contributed by atoms with Crippen LogP contribution in [0.25, 0.3) is 0 Å². The summed E-state index contributed by atoms with van der Waals surface area (Å²) in [5.74, 6) is 0.633. The predicted octanol–water partition coefficient (Wildman–Crippen LogP) is 3.31. The van der Waals surface area contributed by atoms with Crippen molar-refractivity contribution in [3.8, 4) is 0 Å². The fraction of sp³-hybridized carbons (Fsp3) is 0.353. The van der Waals surface area contributed by atoms with Crippen molar-refractivity contribution < 1.29 is 4.79 Å². The van der Waals surface area contributed by atoms with Gasteiger partial charge in [0.15, 0.2) is 5.82 Å². The fourth-order valence-electron chi connectivity index (χ4n) is 2.90. The van der Waals surface area contributed by atoms with Crippen molar-refractivity contribution in [1.29, 1.82) is 0 Å². The van der Waals surface area contributed by atoms with Crippen LogP contribution < -0.4 is 9.80 Å². The zero-order chi connectivity index (χ0) is 15.7. The van der Waals surface area contributed by atoms with E-state index >= 15 is 0 Å². The van der Waals surface area contributed by atoms with E-state index < -0.39 is 0 Å². The molecule has 114 valence electrons. The average Bonchev–Trinajstić information content (AvgIpc) is 2.63. The normalized spacial score (nSPS) is 13.7. The number of anilines is 3. The molecular weight excluding hydrogens is 276 g/mol. The Balaban J connectivity index is 2.29. The minimum Gasteiger partial charge on any atom is -0.323 e. The molecule has 0 bridgehead atoms. The van der Waals surface area contributed by atoms with Crippen LogP contribution in [-0.2, 0) is 0 Å². The van der Waals surface area contributed by atoms with Gasteiger partial charge in [-0.25, -0.2) is 0 Å². The van der Waals surface area contributed by atoms with E-state index in [1.165, 1.54) is 0 Å². The SMILES string of the molecule is CCCN1C(=O)c2ccnnc2N(CC)c2ccc(C)cc21. The Morgan fingerprint density at radius 2 is 1.91 bits per heavy atom. The third-order valence-corrected chi connectivity index (χ3v) is 3.91. The molecule has 3 rings (SSSR count). The fourth-order valence-corrected chi connectivity index (χ4v) is 2.90. The lowest BCUT2D eigenvalue weighted by Crippen LogP contribution is -2.31. The van der Waals surface area contributed by atoms with Gasteiger partial charge in [-0.05, 0) is 44.0 Å². The molecule has 0 N–H and O–H groups in total. The van der Waals surface area contributed by atoms with Crippen LogP contribution in [0.1, 0.15) is 36.2 Å². The summed E-state index contributed by atoms with van der Waals surface area (Å²) in [6, 6.07) is 7.96. The first-order valence-corrected chi connectivity index (χ1v) is 7.69. The second kappa shape index (κ2) is 5.75. The molecule has 0 unspecified atom stereocenters. The van der Waals surface area contributed by atoms with Gasteiger partial charge in [-0.3, -0.25) is 4.79 Å². The number of nitrogens with zero attached hydrogens (tertiary/aromatic N) is 4. The van der Waals surface area contributed by atoms with E-state index in [9.17, 15) is 4.79 Å². The Kier molecular flexibility index (Phi) is 3.79. The monoisotopic (exact) mass is 296 g/mol. The minimum atomic E-state index is -0.00505. The molecule has 0 aliphatic carbocycles. The van der Waals surface area contributed by atoms with Gasteiger partial charge in [0.1, 0.15) is 0 Å². The Bertz CT molecular complexity index is 714. The van der Waals surface area contributed by atoms with E-state index in [1.54, 1.807) is 12.3 Å². The molecule has 0 radical (unpaired) electrons. The lowest BCUT2D eigenvalue weighted by molar-refractivity contribution is 0.0988. The maximum absolute atomic E-state index is 13.0. The predicted molar refractivity (Wildman–Crippen MR) is 87.9 cm³/mol. The van der Waals surface area contributed by atoms with Gasteiger partial charge in [0.2, 0.25) is 0 Å². The van der Waals surface area contributed by atoms with Gasteiger partial charge >= 0.3 is 0 Å². The molecule has 22 heavy (non-hydrogen) atoms. The summed E-state index contributed by atoms with van der Waals surface area (Å²) in [7, 11) is 0. The topological polar surface area (TPSA) is 49.3 Å². The van der Waals surface area contributed by atoms with Crippen LogP contribution in [0.15, 0.2) is 30.5 Å². The van der Waals surface area contributed by atoms with Crippen molar-refractivity contribution in [1.82, 2.24) is 10.2 Å². The maximum atomic E-state index is 13.0. The van der Waals surface area contributed by atoms with Crippen LogP contribution in [0.4, 0.5) is 17.2 Å². The molecule has 2 heterocycles. The summed E-state index contributed by atoms with van der Waals surface area (Å²) >= 11 is 0. The molecule has 0 saturated heterocycles. The molecule has 1 aliphatic heterocycles. The number of amides is 1. The van der Waals surface area contributed by atoms with Crippen LogP contribution in [-0.4, -0.2) is 29.2 Å². The number of rotatable bonds is 3. The van der Waals surface area contributed by atoms with Crippen LogP contribution in [0, 0.1) is 6.92 Å². The first-order valence-electron chi connectivity index (χ1n) is 7.69. The van der Waals surface area contributed by atoms with E-state index in [1.807, 2.05) is 11.8 Å². The quantitative estimate of drug-likeness (QED) is 0.872. The summed E-state index contributed by atoms with van der Waals surface area (Å²) in [6.45, 7) is 7.60. The first-order chi connectivity index (χ1) is 10.7. The van der Waals surface area contributed by atoms with Crippen LogP contribution in [0.2, 0.25) is 0 Å². The van der Waals surface area contributed by atoms with Crippen molar-refractivity contribution >= 4 is 23.1 Å². The van der Waals surface area contributed by atoms with Crippen molar-refractivity contribution in [2.45, 2.75) is 27.2 Å². The summed E-state index contributed by atoms with van der Waals surface area (Å²) in [4.78, 5) is 16.9. The molecule has 2 aromatic rings. The molecule has 1 amide bonds.